The molecule has 0 radical (unpaired) electrons. The molecule has 28 heavy (non-hydrogen) atoms. The highest BCUT2D eigenvalue weighted by atomic mass is 32.2. The molecule has 0 fully saturated rings. The van der Waals surface area contributed by atoms with Crippen molar-refractivity contribution < 1.29 is 13.2 Å². The Morgan fingerprint density at radius 1 is 1.00 bits per heavy atom. The number of aryl methyl sites for hydroxylation is 3. The van der Waals surface area contributed by atoms with E-state index < -0.39 is 10.0 Å². The molecule has 0 aromatic heterocycles. The SMILES string of the molecule is Cc1cc(C)c(S(=O)(=O)NCCC(=O)NCc2ccc(N(C)C)cc2)c(C)c1. The standard InChI is InChI=1S/C21H29N3O3S/c1-15-12-16(2)21(17(3)13-15)28(26,27)23-11-10-20(25)22-14-18-6-8-19(9-7-18)24(4)5/h6-9,12-13,23H,10-11,14H2,1-5H3,(H,22,25). The van der Waals surface area contributed by atoms with Crippen LogP contribution in [-0.4, -0.2) is 35.0 Å². The summed E-state index contributed by atoms with van der Waals surface area (Å²) in [6.07, 6.45) is 0.0823. The Morgan fingerprint density at radius 2 is 1.57 bits per heavy atom. The van der Waals surface area contributed by atoms with Crippen molar-refractivity contribution >= 4 is 21.6 Å². The second-order valence-electron chi connectivity index (χ2n) is 7.21. The number of nitrogens with zero attached hydrogens (tertiary/aromatic N) is 1. The van der Waals surface area contributed by atoms with Crippen LogP contribution in [0.2, 0.25) is 0 Å². The number of anilines is 1. The van der Waals surface area contributed by atoms with Crippen molar-refractivity contribution in [1.82, 2.24) is 10.0 Å². The van der Waals surface area contributed by atoms with Gasteiger partial charge in [0.05, 0.1) is 4.90 Å². The van der Waals surface area contributed by atoms with Crippen LogP contribution in [0.25, 0.3) is 0 Å². The monoisotopic (exact) mass is 403 g/mol. The van der Waals surface area contributed by atoms with Gasteiger partial charge < -0.3 is 10.2 Å². The van der Waals surface area contributed by atoms with Crippen molar-refractivity contribution in [2.24, 2.45) is 0 Å². The summed E-state index contributed by atoms with van der Waals surface area (Å²) in [7, 11) is 0.291. The third kappa shape index (κ3) is 5.81. The smallest absolute Gasteiger partial charge is 0.241 e. The molecule has 152 valence electrons. The largest absolute Gasteiger partial charge is 0.378 e. The first-order valence-corrected chi connectivity index (χ1v) is 10.7. The van der Waals surface area contributed by atoms with E-state index in [-0.39, 0.29) is 18.9 Å². The van der Waals surface area contributed by atoms with Crippen molar-refractivity contribution in [2.75, 3.05) is 25.5 Å². The molecule has 6 nitrogen and oxygen atoms in total. The van der Waals surface area contributed by atoms with Gasteiger partial charge in [-0.15, -0.1) is 0 Å². The van der Waals surface area contributed by atoms with E-state index in [0.717, 1.165) is 16.8 Å². The summed E-state index contributed by atoms with van der Waals surface area (Å²) in [5, 5.41) is 2.82. The molecule has 0 saturated carbocycles. The van der Waals surface area contributed by atoms with Crippen molar-refractivity contribution in [1.29, 1.82) is 0 Å². The van der Waals surface area contributed by atoms with Gasteiger partial charge >= 0.3 is 0 Å². The molecule has 0 aliphatic carbocycles. The molecule has 1 amide bonds. The Balaban J connectivity index is 1.86. The molecule has 0 bridgehead atoms. The summed E-state index contributed by atoms with van der Waals surface area (Å²) in [6, 6.07) is 11.6. The number of rotatable bonds is 8. The number of carbonyl (C=O) groups is 1. The summed E-state index contributed by atoms with van der Waals surface area (Å²) in [5.74, 6) is -0.197. The van der Waals surface area contributed by atoms with E-state index in [0.29, 0.717) is 22.6 Å². The van der Waals surface area contributed by atoms with Crippen LogP contribution >= 0.6 is 0 Å². The second-order valence-corrected chi connectivity index (χ2v) is 8.92. The molecule has 2 aromatic carbocycles. The molecule has 7 heteroatoms. The van der Waals surface area contributed by atoms with Gasteiger partial charge in [-0.05, 0) is 49.6 Å². The minimum atomic E-state index is -3.65. The van der Waals surface area contributed by atoms with Gasteiger partial charge in [-0.1, -0.05) is 29.8 Å². The highest BCUT2D eigenvalue weighted by molar-refractivity contribution is 7.89. The normalized spacial score (nSPS) is 11.3. The van der Waals surface area contributed by atoms with Crippen molar-refractivity contribution in [2.45, 2.75) is 38.6 Å². The van der Waals surface area contributed by atoms with E-state index in [4.69, 9.17) is 0 Å². The Kier molecular flexibility index (Phi) is 7.21. The zero-order valence-electron chi connectivity index (χ0n) is 17.2. The van der Waals surface area contributed by atoms with Crippen LogP contribution in [0, 0.1) is 20.8 Å². The van der Waals surface area contributed by atoms with Crippen LogP contribution in [0.3, 0.4) is 0 Å². The number of sulfonamides is 1. The number of benzene rings is 2. The van der Waals surface area contributed by atoms with E-state index >= 15 is 0 Å². The molecular formula is C21H29N3O3S. The van der Waals surface area contributed by atoms with Gasteiger partial charge in [0.15, 0.2) is 0 Å². The van der Waals surface area contributed by atoms with Gasteiger partial charge in [0.25, 0.3) is 0 Å². The average molecular weight is 404 g/mol. The maximum absolute atomic E-state index is 12.6. The first kappa shape index (κ1) is 21.9. The summed E-state index contributed by atoms with van der Waals surface area (Å²) >= 11 is 0. The fourth-order valence-electron chi connectivity index (χ4n) is 3.16. The summed E-state index contributed by atoms with van der Waals surface area (Å²) in [5.41, 5.74) is 4.51. The molecule has 0 spiro atoms. The van der Waals surface area contributed by atoms with Crippen LogP contribution in [0.5, 0.6) is 0 Å². The molecule has 0 saturated heterocycles. The number of hydrogen-bond donors (Lipinski definition) is 2. The maximum Gasteiger partial charge on any atom is 0.241 e. The highest BCUT2D eigenvalue weighted by Crippen LogP contribution is 2.21. The molecule has 2 N–H and O–H groups in total. The fraction of sp³-hybridized carbons (Fsp3) is 0.381. The van der Waals surface area contributed by atoms with Gasteiger partial charge in [-0.2, -0.15) is 0 Å². The number of hydrogen-bond acceptors (Lipinski definition) is 4. The van der Waals surface area contributed by atoms with Crippen molar-refractivity contribution in [3.05, 3.63) is 58.7 Å². The lowest BCUT2D eigenvalue weighted by molar-refractivity contribution is -0.121. The number of amides is 1. The van der Waals surface area contributed by atoms with E-state index in [1.807, 2.05) is 62.3 Å². The van der Waals surface area contributed by atoms with Crippen LogP contribution < -0.4 is 14.9 Å². The maximum atomic E-state index is 12.6. The number of carbonyl (C=O) groups excluding carboxylic acids is 1. The van der Waals surface area contributed by atoms with Gasteiger partial charge in [0, 0.05) is 39.3 Å². The van der Waals surface area contributed by atoms with Crippen LogP contribution in [0.4, 0.5) is 5.69 Å². The Morgan fingerprint density at radius 3 is 2.11 bits per heavy atom. The zero-order chi connectivity index (χ0) is 20.9. The third-order valence-electron chi connectivity index (χ3n) is 4.46. The summed E-state index contributed by atoms with van der Waals surface area (Å²) < 4.78 is 27.7. The van der Waals surface area contributed by atoms with Gasteiger partial charge in [0.1, 0.15) is 0 Å². The quantitative estimate of drug-likeness (QED) is 0.710. The highest BCUT2D eigenvalue weighted by Gasteiger charge is 2.19. The molecule has 0 atom stereocenters. The molecule has 2 rings (SSSR count). The van der Waals surface area contributed by atoms with Gasteiger partial charge in [-0.3, -0.25) is 4.79 Å². The minimum Gasteiger partial charge on any atom is -0.378 e. The van der Waals surface area contributed by atoms with E-state index in [9.17, 15) is 13.2 Å². The lowest BCUT2D eigenvalue weighted by Crippen LogP contribution is -2.31. The Bertz CT molecular complexity index is 913. The molecule has 0 aliphatic rings. The Labute approximate surface area is 168 Å². The third-order valence-corrected chi connectivity index (χ3v) is 6.23. The van der Waals surface area contributed by atoms with Crippen molar-refractivity contribution in [3.63, 3.8) is 0 Å². The topological polar surface area (TPSA) is 78.5 Å². The summed E-state index contributed by atoms with van der Waals surface area (Å²) in [6.45, 7) is 5.96. The van der Waals surface area contributed by atoms with E-state index in [1.165, 1.54) is 0 Å². The zero-order valence-corrected chi connectivity index (χ0v) is 18.0. The number of nitrogens with one attached hydrogen (secondary N) is 2. The average Bonchev–Trinajstić information content (AvgIpc) is 2.59. The first-order chi connectivity index (χ1) is 13.1. The minimum absolute atomic E-state index is 0.0560. The molecule has 0 aliphatic heterocycles. The molecule has 0 unspecified atom stereocenters. The lowest BCUT2D eigenvalue weighted by atomic mass is 10.1. The van der Waals surface area contributed by atoms with Gasteiger partial charge in [0.2, 0.25) is 15.9 Å². The van der Waals surface area contributed by atoms with Crippen LogP contribution in [-0.2, 0) is 21.4 Å². The first-order valence-electron chi connectivity index (χ1n) is 9.20. The molecular weight excluding hydrogens is 374 g/mol. The summed E-state index contributed by atoms with van der Waals surface area (Å²) in [4.78, 5) is 14.3. The van der Waals surface area contributed by atoms with Crippen molar-refractivity contribution in [3.8, 4) is 0 Å². The van der Waals surface area contributed by atoms with Crippen LogP contribution in [0.15, 0.2) is 41.3 Å². The van der Waals surface area contributed by atoms with Gasteiger partial charge in [-0.25, -0.2) is 13.1 Å². The molecule has 2 aromatic rings. The van der Waals surface area contributed by atoms with Crippen LogP contribution in [0.1, 0.15) is 28.7 Å². The fourth-order valence-corrected chi connectivity index (χ4v) is 4.64. The van der Waals surface area contributed by atoms with E-state index in [2.05, 4.69) is 10.0 Å². The predicted octanol–water partition coefficient (Wildman–Crippen LogP) is 2.66. The predicted molar refractivity (Wildman–Crippen MR) is 113 cm³/mol. The van der Waals surface area contributed by atoms with E-state index in [1.54, 1.807) is 13.8 Å². The Hall–Kier alpha value is -2.38. The molecule has 0 heterocycles. The second kappa shape index (κ2) is 9.21. The lowest BCUT2D eigenvalue weighted by Gasteiger charge is -2.14.